The number of pyridine rings is 1. The predicted octanol–water partition coefficient (Wildman–Crippen LogP) is 4.38. The van der Waals surface area contributed by atoms with Crippen molar-refractivity contribution in [2.24, 2.45) is 0 Å². The average Bonchev–Trinajstić information content (AvgIpc) is 3.05. The summed E-state index contributed by atoms with van der Waals surface area (Å²) >= 11 is 5.39. The second kappa shape index (κ2) is 6.63. The minimum Gasteiger partial charge on any atom is -0.246 e. The van der Waals surface area contributed by atoms with Gasteiger partial charge in [-0.05, 0) is 58.3 Å². The fourth-order valence-corrected chi connectivity index (χ4v) is 4.76. The van der Waals surface area contributed by atoms with Gasteiger partial charge in [0.1, 0.15) is 6.33 Å². The Hall–Kier alpha value is -1.37. The summed E-state index contributed by atoms with van der Waals surface area (Å²) < 4.78 is 5.26. The van der Waals surface area contributed by atoms with Crippen molar-refractivity contribution in [2.75, 3.05) is 13.1 Å². The predicted molar refractivity (Wildman–Crippen MR) is 96.5 cm³/mol. The molecule has 4 nitrogen and oxygen atoms in total. The molecule has 0 radical (unpaired) electrons. The van der Waals surface area contributed by atoms with Gasteiger partial charge in [-0.3, -0.25) is 0 Å². The Labute approximate surface area is 148 Å². The summed E-state index contributed by atoms with van der Waals surface area (Å²) in [6.45, 7) is 2.22. The van der Waals surface area contributed by atoms with E-state index >= 15 is 0 Å². The molecule has 0 amide bonds. The standard InChI is InChI=1S/C17H17BrN4S/c18-16-10-15(11-22-17(16)19-12-20-22)23-21-8-6-14(7-9-21)13-4-2-1-3-5-13/h1-5,10-12,14H,6-9H2. The van der Waals surface area contributed by atoms with Crippen LogP contribution in [0.25, 0.3) is 5.65 Å². The molecule has 0 saturated carbocycles. The molecule has 23 heavy (non-hydrogen) atoms. The van der Waals surface area contributed by atoms with E-state index in [4.69, 9.17) is 0 Å². The van der Waals surface area contributed by atoms with Crippen LogP contribution in [0.5, 0.6) is 0 Å². The third kappa shape index (κ3) is 3.29. The molecule has 0 unspecified atom stereocenters. The molecule has 1 fully saturated rings. The topological polar surface area (TPSA) is 33.4 Å². The lowest BCUT2D eigenvalue weighted by Gasteiger charge is -2.31. The Morgan fingerprint density at radius 2 is 1.91 bits per heavy atom. The summed E-state index contributed by atoms with van der Waals surface area (Å²) in [5.41, 5.74) is 2.33. The highest BCUT2D eigenvalue weighted by Gasteiger charge is 2.21. The van der Waals surface area contributed by atoms with Gasteiger partial charge in [-0.1, -0.05) is 30.3 Å². The molecule has 0 N–H and O–H groups in total. The van der Waals surface area contributed by atoms with Crippen LogP contribution in [-0.2, 0) is 0 Å². The van der Waals surface area contributed by atoms with Crippen molar-refractivity contribution in [3.8, 4) is 0 Å². The Kier molecular flexibility index (Phi) is 4.37. The fraction of sp³-hybridized carbons (Fsp3) is 0.294. The van der Waals surface area contributed by atoms with Gasteiger partial charge in [0.15, 0.2) is 5.65 Å². The molecule has 6 heteroatoms. The molecule has 3 aromatic rings. The number of nitrogens with zero attached hydrogens (tertiary/aromatic N) is 4. The summed E-state index contributed by atoms with van der Waals surface area (Å²) in [6, 6.07) is 13.0. The van der Waals surface area contributed by atoms with E-state index in [9.17, 15) is 0 Å². The van der Waals surface area contributed by atoms with Gasteiger partial charge in [-0.15, -0.1) is 0 Å². The van der Waals surface area contributed by atoms with Crippen LogP contribution in [0.15, 0.2) is 58.3 Å². The summed E-state index contributed by atoms with van der Waals surface area (Å²) in [4.78, 5) is 5.42. The van der Waals surface area contributed by atoms with Gasteiger partial charge in [-0.2, -0.15) is 5.10 Å². The molecule has 4 rings (SSSR count). The van der Waals surface area contributed by atoms with Crippen molar-refractivity contribution in [1.82, 2.24) is 18.9 Å². The highest BCUT2D eigenvalue weighted by atomic mass is 79.9. The lowest BCUT2D eigenvalue weighted by molar-refractivity contribution is 0.346. The number of hydrogen-bond donors (Lipinski definition) is 0. The van der Waals surface area contributed by atoms with Crippen molar-refractivity contribution in [3.63, 3.8) is 0 Å². The summed E-state index contributed by atoms with van der Waals surface area (Å²) in [5, 5.41) is 4.23. The van der Waals surface area contributed by atoms with Crippen LogP contribution in [0.3, 0.4) is 0 Å². The number of piperidine rings is 1. The highest BCUT2D eigenvalue weighted by molar-refractivity contribution is 9.10. The van der Waals surface area contributed by atoms with Crippen LogP contribution in [0.1, 0.15) is 24.3 Å². The Bertz CT molecular complexity index is 797. The van der Waals surface area contributed by atoms with Gasteiger partial charge in [0.05, 0.1) is 4.47 Å². The first kappa shape index (κ1) is 15.2. The Morgan fingerprint density at radius 1 is 1.13 bits per heavy atom. The van der Waals surface area contributed by atoms with Crippen molar-refractivity contribution in [3.05, 3.63) is 59.0 Å². The number of fused-ring (bicyclic) bond motifs is 1. The van der Waals surface area contributed by atoms with Gasteiger partial charge in [0.2, 0.25) is 0 Å². The van der Waals surface area contributed by atoms with Crippen LogP contribution >= 0.6 is 27.9 Å². The molecule has 0 atom stereocenters. The number of benzene rings is 1. The molecule has 1 aromatic carbocycles. The summed E-state index contributed by atoms with van der Waals surface area (Å²) in [7, 11) is 0. The van der Waals surface area contributed by atoms with Crippen molar-refractivity contribution >= 4 is 33.5 Å². The van der Waals surface area contributed by atoms with Gasteiger partial charge < -0.3 is 0 Å². The highest BCUT2D eigenvalue weighted by Crippen LogP contribution is 2.34. The van der Waals surface area contributed by atoms with Crippen molar-refractivity contribution < 1.29 is 0 Å². The van der Waals surface area contributed by atoms with Gasteiger partial charge in [-0.25, -0.2) is 13.8 Å². The minimum atomic E-state index is 0.692. The molecular formula is C17H17BrN4S. The zero-order chi connectivity index (χ0) is 15.6. The van der Waals surface area contributed by atoms with Gasteiger partial charge >= 0.3 is 0 Å². The molecule has 2 aromatic heterocycles. The first-order valence-electron chi connectivity index (χ1n) is 7.76. The van der Waals surface area contributed by atoms with E-state index in [1.807, 2.05) is 22.7 Å². The molecule has 1 aliphatic rings. The van der Waals surface area contributed by atoms with Crippen molar-refractivity contribution in [1.29, 1.82) is 0 Å². The second-order valence-corrected chi connectivity index (χ2v) is 7.78. The van der Waals surface area contributed by atoms with E-state index in [0.717, 1.165) is 23.2 Å². The molecule has 0 spiro atoms. The number of halogens is 1. The van der Waals surface area contributed by atoms with Crippen LogP contribution in [0, 0.1) is 0 Å². The fourth-order valence-electron chi connectivity index (χ4n) is 3.07. The van der Waals surface area contributed by atoms with Gasteiger partial charge in [0, 0.05) is 24.2 Å². The Balaban J connectivity index is 1.42. The van der Waals surface area contributed by atoms with E-state index in [1.165, 1.54) is 23.3 Å². The third-order valence-corrected chi connectivity index (χ3v) is 5.91. The summed E-state index contributed by atoms with van der Waals surface area (Å²) in [5.74, 6) is 0.692. The molecule has 1 aliphatic heterocycles. The summed E-state index contributed by atoms with van der Waals surface area (Å²) in [6.07, 6.45) is 6.05. The molecular weight excluding hydrogens is 372 g/mol. The largest absolute Gasteiger partial charge is 0.246 e. The van der Waals surface area contributed by atoms with Crippen LogP contribution in [-0.4, -0.2) is 32.0 Å². The van der Waals surface area contributed by atoms with Crippen LogP contribution in [0.4, 0.5) is 0 Å². The van der Waals surface area contributed by atoms with E-state index < -0.39 is 0 Å². The molecule has 3 heterocycles. The monoisotopic (exact) mass is 388 g/mol. The van der Waals surface area contributed by atoms with Gasteiger partial charge in [0.25, 0.3) is 0 Å². The first-order valence-corrected chi connectivity index (χ1v) is 9.33. The van der Waals surface area contributed by atoms with Crippen LogP contribution < -0.4 is 0 Å². The first-order chi connectivity index (χ1) is 11.3. The van der Waals surface area contributed by atoms with E-state index in [2.05, 4.69) is 66.7 Å². The average molecular weight is 389 g/mol. The lowest BCUT2D eigenvalue weighted by atomic mass is 9.90. The van der Waals surface area contributed by atoms with E-state index in [0.29, 0.717) is 5.92 Å². The minimum absolute atomic E-state index is 0.692. The van der Waals surface area contributed by atoms with E-state index in [1.54, 1.807) is 6.33 Å². The number of aromatic nitrogens is 3. The van der Waals surface area contributed by atoms with Crippen LogP contribution in [0.2, 0.25) is 0 Å². The third-order valence-electron chi connectivity index (χ3n) is 4.26. The maximum atomic E-state index is 4.23. The molecule has 0 aliphatic carbocycles. The lowest BCUT2D eigenvalue weighted by Crippen LogP contribution is -2.27. The zero-order valence-corrected chi connectivity index (χ0v) is 15.0. The van der Waals surface area contributed by atoms with E-state index in [-0.39, 0.29) is 0 Å². The number of rotatable bonds is 3. The second-order valence-electron chi connectivity index (χ2n) is 5.76. The molecule has 0 bridgehead atoms. The maximum absolute atomic E-state index is 4.23. The Morgan fingerprint density at radius 3 is 2.70 bits per heavy atom. The normalized spacial score (nSPS) is 16.9. The molecule has 1 saturated heterocycles. The molecule has 118 valence electrons. The SMILES string of the molecule is Brc1cc(SN2CCC(c3ccccc3)CC2)cn2ncnc12. The number of hydrogen-bond acceptors (Lipinski definition) is 4. The smallest absolute Gasteiger partial charge is 0.169 e. The maximum Gasteiger partial charge on any atom is 0.169 e. The van der Waals surface area contributed by atoms with Crippen molar-refractivity contribution in [2.45, 2.75) is 23.7 Å². The quantitative estimate of drug-likeness (QED) is 0.623. The zero-order valence-electron chi connectivity index (χ0n) is 12.6.